The van der Waals surface area contributed by atoms with Crippen LogP contribution in [0.3, 0.4) is 0 Å². The van der Waals surface area contributed by atoms with E-state index in [1.807, 2.05) is 0 Å². The topological polar surface area (TPSA) is 18.5 Å². The summed E-state index contributed by atoms with van der Waals surface area (Å²) in [5.74, 6) is 2.98. The van der Waals surface area contributed by atoms with Crippen LogP contribution in [0.2, 0.25) is 6.04 Å². The van der Waals surface area contributed by atoms with E-state index in [9.17, 15) is 0 Å². The molecule has 0 heterocycles. The van der Waals surface area contributed by atoms with Crippen LogP contribution in [0.4, 0.5) is 0 Å². The molecule has 0 saturated heterocycles. The average Bonchev–Trinajstić information content (AvgIpc) is 2.72. The minimum absolute atomic E-state index is 0.320. The van der Waals surface area contributed by atoms with Crippen LogP contribution in [-0.4, -0.2) is 21.5 Å². The summed E-state index contributed by atoms with van der Waals surface area (Å²) in [5.41, 5.74) is 0. The zero-order valence-electron chi connectivity index (χ0n) is 18.2. The van der Waals surface area contributed by atoms with Gasteiger partial charge in [-0.3, -0.25) is 0 Å². The molecule has 1 unspecified atom stereocenters. The standard InChI is InChI=1S/C25H36O2Si/c1-6-28(21-12-8-7-9-13-21,25-15-11-10-14-23(25)26-5)27-24-18-20(4)16-17-22(24)19(2)3/h7-15,19-20,22,24H,6,16-18H2,1-5H3/t20-,22+,24-,28?/m1/s1. The molecule has 1 saturated carbocycles. The Hall–Kier alpha value is -1.58. The second kappa shape index (κ2) is 9.28. The Morgan fingerprint density at radius 2 is 1.68 bits per heavy atom. The van der Waals surface area contributed by atoms with Gasteiger partial charge < -0.3 is 9.16 Å². The quantitative estimate of drug-likeness (QED) is 0.595. The molecule has 0 spiro atoms. The van der Waals surface area contributed by atoms with Gasteiger partial charge in [-0.15, -0.1) is 0 Å². The van der Waals surface area contributed by atoms with Crippen molar-refractivity contribution < 1.29 is 9.16 Å². The number of hydrogen-bond acceptors (Lipinski definition) is 2. The first-order chi connectivity index (χ1) is 13.5. The fraction of sp³-hybridized carbons (Fsp3) is 0.520. The minimum Gasteiger partial charge on any atom is -0.497 e. The Morgan fingerprint density at radius 3 is 2.32 bits per heavy atom. The van der Waals surface area contributed by atoms with Crippen LogP contribution < -0.4 is 15.1 Å². The molecule has 152 valence electrons. The molecule has 0 N–H and O–H groups in total. The molecular formula is C25H36O2Si. The van der Waals surface area contributed by atoms with Crippen molar-refractivity contribution in [2.45, 2.75) is 59.1 Å². The van der Waals surface area contributed by atoms with Gasteiger partial charge in [0.1, 0.15) is 5.75 Å². The van der Waals surface area contributed by atoms with Crippen molar-refractivity contribution in [2.75, 3.05) is 7.11 Å². The lowest BCUT2D eigenvalue weighted by Gasteiger charge is -2.43. The minimum atomic E-state index is -2.42. The summed E-state index contributed by atoms with van der Waals surface area (Å²) >= 11 is 0. The number of ether oxygens (including phenoxy) is 1. The van der Waals surface area contributed by atoms with E-state index in [-0.39, 0.29) is 0 Å². The molecule has 2 aromatic rings. The smallest absolute Gasteiger partial charge is 0.259 e. The number of rotatable bonds is 7. The first-order valence-corrected chi connectivity index (χ1v) is 13.0. The fourth-order valence-electron chi connectivity index (χ4n) is 4.96. The molecule has 3 heteroatoms. The number of benzene rings is 2. The third-order valence-electron chi connectivity index (χ3n) is 6.59. The van der Waals surface area contributed by atoms with E-state index in [4.69, 9.17) is 9.16 Å². The van der Waals surface area contributed by atoms with Crippen LogP contribution in [0.25, 0.3) is 0 Å². The maximum absolute atomic E-state index is 7.35. The highest BCUT2D eigenvalue weighted by Gasteiger charge is 2.45. The van der Waals surface area contributed by atoms with E-state index in [0.29, 0.717) is 17.9 Å². The fourth-order valence-corrected chi connectivity index (χ4v) is 8.96. The van der Waals surface area contributed by atoms with Gasteiger partial charge in [0.2, 0.25) is 0 Å². The zero-order chi connectivity index (χ0) is 20.1. The number of para-hydroxylation sites is 1. The highest BCUT2D eigenvalue weighted by molar-refractivity contribution is 6.98. The molecular weight excluding hydrogens is 360 g/mol. The van der Waals surface area contributed by atoms with Gasteiger partial charge in [-0.2, -0.15) is 0 Å². The highest BCUT2D eigenvalue weighted by Crippen LogP contribution is 2.37. The molecule has 1 aliphatic carbocycles. The summed E-state index contributed by atoms with van der Waals surface area (Å²) in [7, 11) is -0.641. The van der Waals surface area contributed by atoms with Gasteiger partial charge in [0.15, 0.2) is 0 Å². The molecule has 2 nitrogen and oxygen atoms in total. The van der Waals surface area contributed by atoms with Gasteiger partial charge in [-0.05, 0) is 47.9 Å². The molecule has 4 atom stereocenters. The van der Waals surface area contributed by atoms with Crippen LogP contribution in [0.15, 0.2) is 54.6 Å². The summed E-state index contributed by atoms with van der Waals surface area (Å²) in [6, 6.07) is 20.4. The van der Waals surface area contributed by atoms with Gasteiger partial charge in [0.05, 0.1) is 7.11 Å². The maximum Gasteiger partial charge on any atom is 0.259 e. The van der Waals surface area contributed by atoms with Crippen molar-refractivity contribution in [1.29, 1.82) is 0 Å². The van der Waals surface area contributed by atoms with E-state index in [1.165, 1.54) is 29.6 Å². The van der Waals surface area contributed by atoms with Gasteiger partial charge >= 0.3 is 0 Å². The number of hydrogen-bond donors (Lipinski definition) is 0. The van der Waals surface area contributed by atoms with E-state index in [2.05, 4.69) is 82.3 Å². The van der Waals surface area contributed by atoms with Crippen molar-refractivity contribution in [1.82, 2.24) is 0 Å². The zero-order valence-corrected chi connectivity index (χ0v) is 19.2. The number of methoxy groups -OCH3 is 1. The van der Waals surface area contributed by atoms with Crippen LogP contribution >= 0.6 is 0 Å². The monoisotopic (exact) mass is 396 g/mol. The predicted molar refractivity (Wildman–Crippen MR) is 121 cm³/mol. The van der Waals surface area contributed by atoms with Crippen molar-refractivity contribution in [3.05, 3.63) is 54.6 Å². The Bertz CT molecular complexity index is 745. The van der Waals surface area contributed by atoms with E-state index in [1.54, 1.807) is 7.11 Å². The lowest BCUT2D eigenvalue weighted by molar-refractivity contribution is 0.0420. The molecule has 0 aliphatic heterocycles. The summed E-state index contributed by atoms with van der Waals surface area (Å²) in [6.07, 6.45) is 4.09. The van der Waals surface area contributed by atoms with Crippen LogP contribution in [0, 0.1) is 17.8 Å². The Labute approximate surface area is 172 Å². The van der Waals surface area contributed by atoms with Crippen molar-refractivity contribution in [3.63, 3.8) is 0 Å². The summed E-state index contributed by atoms with van der Waals surface area (Å²) in [4.78, 5) is 0. The van der Waals surface area contributed by atoms with Gasteiger partial charge in [-0.1, -0.05) is 82.6 Å². The maximum atomic E-state index is 7.35. The second-order valence-corrected chi connectivity index (χ2v) is 12.4. The molecule has 0 radical (unpaired) electrons. The van der Waals surface area contributed by atoms with Gasteiger partial charge in [0, 0.05) is 11.3 Å². The Balaban J connectivity index is 2.11. The summed E-state index contributed by atoms with van der Waals surface area (Å²) in [6.45, 7) is 9.39. The lowest BCUT2D eigenvalue weighted by Crippen LogP contribution is -2.63. The van der Waals surface area contributed by atoms with Crippen LogP contribution in [-0.2, 0) is 4.43 Å². The van der Waals surface area contributed by atoms with Crippen LogP contribution in [0.5, 0.6) is 5.75 Å². The first-order valence-electron chi connectivity index (χ1n) is 10.9. The van der Waals surface area contributed by atoms with Crippen molar-refractivity contribution >= 4 is 18.7 Å². The Kier molecular flexibility index (Phi) is 7.00. The first kappa shape index (κ1) is 21.1. The molecule has 1 aliphatic rings. The van der Waals surface area contributed by atoms with E-state index >= 15 is 0 Å². The predicted octanol–water partition coefficient (Wildman–Crippen LogP) is 5.25. The normalized spacial score (nSPS) is 24.7. The molecule has 0 amide bonds. The largest absolute Gasteiger partial charge is 0.497 e. The van der Waals surface area contributed by atoms with Crippen molar-refractivity contribution in [2.24, 2.45) is 17.8 Å². The molecule has 0 aromatic heterocycles. The van der Waals surface area contributed by atoms with E-state index < -0.39 is 8.32 Å². The molecule has 3 rings (SSSR count). The molecule has 0 bridgehead atoms. The third-order valence-corrected chi connectivity index (χ3v) is 10.8. The summed E-state index contributed by atoms with van der Waals surface area (Å²) in [5, 5.41) is 2.62. The van der Waals surface area contributed by atoms with Gasteiger partial charge in [-0.25, -0.2) is 0 Å². The van der Waals surface area contributed by atoms with Gasteiger partial charge in [0.25, 0.3) is 8.32 Å². The molecule has 28 heavy (non-hydrogen) atoms. The third kappa shape index (κ3) is 4.21. The van der Waals surface area contributed by atoms with Crippen molar-refractivity contribution in [3.8, 4) is 5.75 Å². The Morgan fingerprint density at radius 1 is 1.00 bits per heavy atom. The van der Waals surface area contributed by atoms with Crippen LogP contribution in [0.1, 0.15) is 47.0 Å². The second-order valence-electron chi connectivity index (χ2n) is 8.73. The summed E-state index contributed by atoms with van der Waals surface area (Å²) < 4.78 is 13.2. The average molecular weight is 397 g/mol. The molecule has 1 fully saturated rings. The SMILES string of the molecule is CC[Si](O[C@@H]1C[C@H](C)CC[C@H]1C(C)C)(c1ccccc1)c1ccccc1OC. The highest BCUT2D eigenvalue weighted by atomic mass is 28.4. The van der Waals surface area contributed by atoms with E-state index in [0.717, 1.165) is 17.7 Å². The lowest BCUT2D eigenvalue weighted by atomic mass is 9.75. The molecule has 2 aromatic carbocycles.